The molecule has 8 nitrogen and oxygen atoms in total. The molecular weight excluding hydrogens is 584 g/mol. The van der Waals surface area contributed by atoms with Gasteiger partial charge in [0.15, 0.2) is 15.8 Å². The Bertz CT molecular complexity index is 1640. The number of amides is 1. The Labute approximate surface area is 248 Å². The highest BCUT2D eigenvalue weighted by Gasteiger charge is 2.48. The first-order valence-corrected chi connectivity index (χ1v) is 14.8. The van der Waals surface area contributed by atoms with Crippen molar-refractivity contribution in [2.24, 2.45) is 0 Å². The third-order valence-corrected chi connectivity index (χ3v) is 8.45. The summed E-state index contributed by atoms with van der Waals surface area (Å²) in [5, 5.41) is 19.8. The molecule has 0 aliphatic carbocycles. The molecule has 1 amide bonds. The van der Waals surface area contributed by atoms with Crippen LogP contribution < -0.4 is 14.4 Å². The molecule has 0 radical (unpaired) electrons. The molecule has 1 saturated heterocycles. The van der Waals surface area contributed by atoms with Gasteiger partial charge in [0.05, 0.1) is 24.8 Å². The summed E-state index contributed by atoms with van der Waals surface area (Å²) in [4.78, 5) is 28.2. The number of anilines is 1. The summed E-state index contributed by atoms with van der Waals surface area (Å²) in [7, 11) is 0. The van der Waals surface area contributed by atoms with E-state index in [0.29, 0.717) is 40.4 Å². The van der Waals surface area contributed by atoms with Crippen molar-refractivity contribution in [2.45, 2.75) is 30.0 Å². The molecule has 0 spiro atoms. The summed E-state index contributed by atoms with van der Waals surface area (Å²) < 4.78 is 38.9. The standard InChI is InChI=1S/C30H25F2N3O5S2/c1-3-39-22-14-9-19(15-23(22)40-4-2)25-24(26(36)18-7-12-21(32)13-8-18)27(37)28(38)35(25)29-33-34-30(42-29)41-16-17-5-10-20(31)11-6-17/h5-15,25,36H,3-4,16H2,1-2H3. The maximum Gasteiger partial charge on any atom is 0.301 e. The number of Topliss-reactive ketones (excluding diaryl/α,β-unsaturated/α-hetero) is 1. The van der Waals surface area contributed by atoms with Crippen molar-refractivity contribution >= 4 is 45.7 Å². The monoisotopic (exact) mass is 609 g/mol. The molecule has 3 aromatic carbocycles. The van der Waals surface area contributed by atoms with Gasteiger partial charge in [-0.3, -0.25) is 14.5 Å². The summed E-state index contributed by atoms with van der Waals surface area (Å²) in [5.74, 6) is -1.77. The number of hydrogen-bond acceptors (Lipinski definition) is 9. The molecule has 1 atom stereocenters. The lowest BCUT2D eigenvalue weighted by molar-refractivity contribution is -0.132. The number of ether oxygens (including phenoxy) is 2. The number of carbonyl (C=O) groups is 2. The van der Waals surface area contributed by atoms with Crippen molar-refractivity contribution in [3.05, 3.63) is 101 Å². The van der Waals surface area contributed by atoms with Crippen LogP contribution in [0.1, 0.15) is 36.6 Å². The van der Waals surface area contributed by atoms with Crippen molar-refractivity contribution in [3.8, 4) is 11.5 Å². The minimum absolute atomic E-state index is 0.147. The number of ketones is 1. The number of rotatable bonds is 10. The van der Waals surface area contributed by atoms with E-state index in [1.807, 2.05) is 13.8 Å². The van der Waals surface area contributed by atoms with Crippen LogP contribution in [0, 0.1) is 11.6 Å². The van der Waals surface area contributed by atoms with Gasteiger partial charge in [-0.15, -0.1) is 10.2 Å². The molecule has 0 saturated carbocycles. The van der Waals surface area contributed by atoms with Crippen molar-refractivity contribution in [1.29, 1.82) is 0 Å². The highest BCUT2D eigenvalue weighted by Crippen LogP contribution is 2.45. The average molecular weight is 610 g/mol. The van der Waals surface area contributed by atoms with E-state index in [1.165, 1.54) is 40.9 Å². The molecule has 4 aromatic rings. The molecule has 1 fully saturated rings. The summed E-state index contributed by atoms with van der Waals surface area (Å²) in [6.45, 7) is 4.38. The topological polar surface area (TPSA) is 102 Å². The van der Waals surface area contributed by atoms with Crippen molar-refractivity contribution < 1.29 is 33.0 Å². The maximum absolute atomic E-state index is 13.6. The lowest BCUT2D eigenvalue weighted by atomic mass is 9.95. The van der Waals surface area contributed by atoms with E-state index < -0.39 is 29.3 Å². The van der Waals surface area contributed by atoms with Crippen molar-refractivity contribution in [3.63, 3.8) is 0 Å². The Hall–Kier alpha value is -4.29. The van der Waals surface area contributed by atoms with Crippen LogP contribution in [-0.2, 0) is 15.3 Å². The van der Waals surface area contributed by atoms with E-state index in [-0.39, 0.29) is 22.1 Å². The normalized spacial score (nSPS) is 16.2. The zero-order valence-electron chi connectivity index (χ0n) is 22.5. The number of aliphatic hydroxyl groups is 1. The van der Waals surface area contributed by atoms with Crippen molar-refractivity contribution in [1.82, 2.24) is 10.2 Å². The Morgan fingerprint density at radius 3 is 2.24 bits per heavy atom. The van der Waals surface area contributed by atoms with Gasteiger partial charge in [0, 0.05) is 11.3 Å². The van der Waals surface area contributed by atoms with E-state index >= 15 is 0 Å². The van der Waals surface area contributed by atoms with E-state index in [2.05, 4.69) is 10.2 Å². The zero-order chi connectivity index (χ0) is 29.8. The summed E-state index contributed by atoms with van der Waals surface area (Å²) in [6.07, 6.45) is 0. The quantitative estimate of drug-likeness (QED) is 0.0712. The van der Waals surface area contributed by atoms with Gasteiger partial charge in [-0.2, -0.15) is 0 Å². The Morgan fingerprint density at radius 2 is 1.57 bits per heavy atom. The predicted octanol–water partition coefficient (Wildman–Crippen LogP) is 6.53. The minimum Gasteiger partial charge on any atom is -0.507 e. The fourth-order valence-corrected chi connectivity index (χ4v) is 6.25. The third kappa shape index (κ3) is 6.00. The Morgan fingerprint density at radius 1 is 0.929 bits per heavy atom. The Balaban J connectivity index is 1.57. The minimum atomic E-state index is -1.09. The van der Waals surface area contributed by atoms with Crippen LogP contribution in [0.25, 0.3) is 5.76 Å². The van der Waals surface area contributed by atoms with Crippen LogP contribution in [0.4, 0.5) is 13.9 Å². The first-order valence-electron chi connectivity index (χ1n) is 13.0. The smallest absolute Gasteiger partial charge is 0.301 e. The number of halogens is 2. The maximum atomic E-state index is 13.6. The van der Waals surface area contributed by atoms with Crippen molar-refractivity contribution in [2.75, 3.05) is 18.1 Å². The lowest BCUT2D eigenvalue weighted by Gasteiger charge is -2.23. The van der Waals surface area contributed by atoms with Gasteiger partial charge in [0.1, 0.15) is 17.4 Å². The third-order valence-electron chi connectivity index (χ3n) is 6.32. The second kappa shape index (κ2) is 12.7. The van der Waals surface area contributed by atoms with E-state index in [4.69, 9.17) is 9.47 Å². The molecule has 2 heterocycles. The number of aromatic nitrogens is 2. The van der Waals surface area contributed by atoms with Crippen LogP contribution in [0.2, 0.25) is 0 Å². The lowest BCUT2D eigenvalue weighted by Crippen LogP contribution is -2.29. The van der Waals surface area contributed by atoms with Gasteiger partial charge in [-0.25, -0.2) is 8.78 Å². The fourth-order valence-electron chi connectivity index (χ4n) is 4.43. The van der Waals surface area contributed by atoms with E-state index in [1.54, 1.807) is 30.3 Å². The number of hydrogen-bond donors (Lipinski definition) is 1. The molecule has 1 N–H and O–H groups in total. The van der Waals surface area contributed by atoms with Gasteiger partial charge in [0.25, 0.3) is 5.78 Å². The molecule has 1 aliphatic heterocycles. The van der Waals surface area contributed by atoms with E-state index in [0.717, 1.165) is 29.0 Å². The molecule has 42 heavy (non-hydrogen) atoms. The van der Waals surface area contributed by atoms with Gasteiger partial charge < -0.3 is 14.6 Å². The van der Waals surface area contributed by atoms with Crippen LogP contribution in [0.3, 0.4) is 0 Å². The predicted molar refractivity (Wildman–Crippen MR) is 156 cm³/mol. The average Bonchev–Trinajstić information content (AvgIpc) is 3.56. The molecule has 1 unspecified atom stereocenters. The summed E-state index contributed by atoms with van der Waals surface area (Å²) in [6, 6.07) is 15.0. The largest absolute Gasteiger partial charge is 0.507 e. The summed E-state index contributed by atoms with van der Waals surface area (Å²) >= 11 is 2.45. The SMILES string of the molecule is CCOc1ccc(C2C(=C(O)c3ccc(F)cc3)C(=O)C(=O)N2c2nnc(SCc3ccc(F)cc3)s2)cc1OCC. The fraction of sp³-hybridized carbons (Fsp3) is 0.200. The first kappa shape index (κ1) is 29.2. The van der Waals surface area contributed by atoms with Gasteiger partial charge in [-0.05, 0) is 73.5 Å². The highest BCUT2D eigenvalue weighted by atomic mass is 32.2. The van der Waals surface area contributed by atoms with Gasteiger partial charge in [-0.1, -0.05) is 41.3 Å². The molecule has 1 aromatic heterocycles. The van der Waals surface area contributed by atoms with Gasteiger partial charge >= 0.3 is 5.91 Å². The number of carbonyl (C=O) groups excluding carboxylic acids is 2. The second-order valence-corrected chi connectivity index (χ2v) is 11.2. The highest BCUT2D eigenvalue weighted by molar-refractivity contribution is 8.00. The number of aliphatic hydroxyl groups excluding tert-OH is 1. The molecule has 216 valence electrons. The molecule has 12 heteroatoms. The Kier molecular flexibility index (Phi) is 8.83. The molecular formula is C30H25F2N3O5S2. The van der Waals surface area contributed by atoms with Crippen LogP contribution in [0.15, 0.2) is 76.6 Å². The van der Waals surface area contributed by atoms with Gasteiger partial charge in [0.2, 0.25) is 5.13 Å². The number of benzene rings is 3. The van der Waals surface area contributed by atoms with Crippen LogP contribution in [0.5, 0.6) is 11.5 Å². The summed E-state index contributed by atoms with van der Waals surface area (Å²) in [5.41, 5.74) is 1.31. The molecule has 5 rings (SSSR count). The number of nitrogens with zero attached hydrogens (tertiary/aromatic N) is 3. The zero-order valence-corrected chi connectivity index (χ0v) is 24.2. The second-order valence-electron chi connectivity index (χ2n) is 9.01. The van der Waals surface area contributed by atoms with E-state index in [9.17, 15) is 23.5 Å². The van der Waals surface area contributed by atoms with Crippen LogP contribution >= 0.6 is 23.1 Å². The molecule has 0 bridgehead atoms. The molecule has 1 aliphatic rings. The van der Waals surface area contributed by atoms with Crippen LogP contribution in [-0.4, -0.2) is 40.2 Å². The first-order chi connectivity index (χ1) is 20.3. The number of thioether (sulfide) groups is 1.